The van der Waals surface area contributed by atoms with E-state index >= 15 is 0 Å². The van der Waals surface area contributed by atoms with Gasteiger partial charge in [-0.3, -0.25) is 0 Å². The molecule has 0 bridgehead atoms. The maximum absolute atomic E-state index is 3.72. The van der Waals surface area contributed by atoms with Gasteiger partial charge in [-0.2, -0.15) is 0 Å². The van der Waals surface area contributed by atoms with Gasteiger partial charge in [-0.15, -0.1) is 11.8 Å². The van der Waals surface area contributed by atoms with Gasteiger partial charge in [0.15, 0.2) is 0 Å². The van der Waals surface area contributed by atoms with Gasteiger partial charge >= 0.3 is 0 Å². The van der Waals surface area contributed by atoms with E-state index < -0.39 is 0 Å². The molecule has 1 aromatic carbocycles. The highest BCUT2D eigenvalue weighted by molar-refractivity contribution is 8.00. The van der Waals surface area contributed by atoms with E-state index in [1.807, 2.05) is 0 Å². The second-order valence-electron chi connectivity index (χ2n) is 6.49. The first-order chi connectivity index (χ1) is 8.94. The summed E-state index contributed by atoms with van der Waals surface area (Å²) in [6, 6.07) is 7.45. The van der Waals surface area contributed by atoms with Crippen molar-refractivity contribution in [2.45, 2.75) is 63.6 Å². The molecule has 19 heavy (non-hydrogen) atoms. The third kappa shape index (κ3) is 3.35. The molecule has 0 heterocycles. The van der Waals surface area contributed by atoms with E-state index in [1.165, 1.54) is 28.9 Å². The summed E-state index contributed by atoms with van der Waals surface area (Å²) >= 11 is 2.07. The molecule has 1 nitrogen and oxygen atoms in total. The minimum Gasteiger partial charge on any atom is -0.313 e. The summed E-state index contributed by atoms with van der Waals surface area (Å²) in [5.74, 6) is 0. The molecular weight excluding hydrogens is 250 g/mol. The monoisotopic (exact) mass is 277 g/mol. The van der Waals surface area contributed by atoms with Gasteiger partial charge in [0.25, 0.3) is 0 Å². The molecule has 0 radical (unpaired) electrons. The molecule has 2 unspecified atom stereocenters. The molecule has 0 amide bonds. The number of hydrogen-bond acceptors (Lipinski definition) is 2. The van der Waals surface area contributed by atoms with Crippen LogP contribution in [0.5, 0.6) is 0 Å². The zero-order valence-electron chi connectivity index (χ0n) is 12.9. The second-order valence-corrected chi connectivity index (χ2v) is 7.77. The minimum atomic E-state index is 0.423. The molecule has 1 aliphatic rings. The van der Waals surface area contributed by atoms with E-state index in [9.17, 15) is 0 Å². The predicted molar refractivity (Wildman–Crippen MR) is 86.0 cm³/mol. The average Bonchev–Trinajstić information content (AvgIpc) is 2.60. The number of rotatable bonds is 4. The van der Waals surface area contributed by atoms with Crippen molar-refractivity contribution in [1.82, 2.24) is 5.32 Å². The van der Waals surface area contributed by atoms with Crippen molar-refractivity contribution in [1.29, 1.82) is 0 Å². The molecule has 106 valence electrons. The van der Waals surface area contributed by atoms with Crippen LogP contribution in [0.2, 0.25) is 0 Å². The Bertz CT molecular complexity index is 439. The molecule has 0 saturated heterocycles. The number of aryl methyl sites for hydroxylation is 2. The van der Waals surface area contributed by atoms with Crippen molar-refractivity contribution in [3.05, 3.63) is 29.3 Å². The van der Waals surface area contributed by atoms with E-state index in [0.29, 0.717) is 16.7 Å². The number of nitrogens with one attached hydrogen (secondary N) is 1. The summed E-state index contributed by atoms with van der Waals surface area (Å²) in [5, 5.41) is 4.42. The molecule has 1 saturated carbocycles. The van der Waals surface area contributed by atoms with Gasteiger partial charge in [-0.05, 0) is 50.3 Å². The highest BCUT2D eigenvalue weighted by Crippen LogP contribution is 2.45. The quantitative estimate of drug-likeness (QED) is 0.865. The summed E-state index contributed by atoms with van der Waals surface area (Å²) in [7, 11) is 0. The van der Waals surface area contributed by atoms with Gasteiger partial charge < -0.3 is 5.32 Å². The van der Waals surface area contributed by atoms with Crippen molar-refractivity contribution >= 4 is 11.8 Å². The van der Waals surface area contributed by atoms with Crippen LogP contribution in [0.15, 0.2) is 23.1 Å². The lowest BCUT2D eigenvalue weighted by Crippen LogP contribution is -2.43. The minimum absolute atomic E-state index is 0.423. The van der Waals surface area contributed by atoms with Crippen molar-refractivity contribution < 1.29 is 0 Å². The van der Waals surface area contributed by atoms with Crippen LogP contribution in [0.25, 0.3) is 0 Å². The molecule has 0 aromatic heterocycles. The van der Waals surface area contributed by atoms with E-state index in [-0.39, 0.29) is 0 Å². The van der Waals surface area contributed by atoms with Gasteiger partial charge in [0.05, 0.1) is 0 Å². The maximum atomic E-state index is 3.72. The Labute approximate surface area is 122 Å². The molecule has 2 heteroatoms. The van der Waals surface area contributed by atoms with Crippen molar-refractivity contribution in [2.75, 3.05) is 6.54 Å². The summed E-state index contributed by atoms with van der Waals surface area (Å²) in [6.45, 7) is 12.5. The second kappa shape index (κ2) is 5.88. The fraction of sp³-hybridized carbons (Fsp3) is 0.647. The lowest BCUT2D eigenvalue weighted by Gasteiger charge is -2.31. The Hall–Kier alpha value is -0.470. The number of thioether (sulfide) groups is 1. The van der Waals surface area contributed by atoms with Crippen LogP contribution in [0.4, 0.5) is 0 Å². The summed E-state index contributed by atoms with van der Waals surface area (Å²) in [6.07, 6.45) is 2.65. The van der Waals surface area contributed by atoms with Gasteiger partial charge in [-0.25, -0.2) is 0 Å². The van der Waals surface area contributed by atoms with Crippen LogP contribution in [0.1, 0.15) is 44.7 Å². The molecule has 1 aromatic rings. The van der Waals surface area contributed by atoms with E-state index in [1.54, 1.807) is 0 Å². The number of benzene rings is 1. The first-order valence-corrected chi connectivity index (χ1v) is 8.29. The summed E-state index contributed by atoms with van der Waals surface area (Å²) < 4.78 is 0. The molecule has 2 rings (SSSR count). The Morgan fingerprint density at radius 1 is 1.32 bits per heavy atom. The maximum Gasteiger partial charge on any atom is 0.0253 e. The van der Waals surface area contributed by atoms with Gasteiger partial charge in [0.1, 0.15) is 0 Å². The molecule has 1 aliphatic carbocycles. The average molecular weight is 277 g/mol. The zero-order valence-corrected chi connectivity index (χ0v) is 13.7. The Morgan fingerprint density at radius 2 is 2.05 bits per heavy atom. The molecule has 2 atom stereocenters. The van der Waals surface area contributed by atoms with Crippen LogP contribution in [-0.2, 0) is 0 Å². The molecule has 1 fully saturated rings. The first kappa shape index (κ1) is 14.9. The fourth-order valence-corrected chi connectivity index (χ4v) is 4.74. The third-order valence-electron chi connectivity index (χ3n) is 4.32. The largest absolute Gasteiger partial charge is 0.313 e. The van der Waals surface area contributed by atoms with Gasteiger partial charge in [0.2, 0.25) is 0 Å². The lowest BCUT2D eigenvalue weighted by atomic mass is 9.87. The highest BCUT2D eigenvalue weighted by atomic mass is 32.2. The van der Waals surface area contributed by atoms with Crippen LogP contribution in [0.3, 0.4) is 0 Å². The van der Waals surface area contributed by atoms with Crippen LogP contribution < -0.4 is 5.32 Å². The highest BCUT2D eigenvalue weighted by Gasteiger charge is 2.41. The normalized spacial score (nSPS) is 25.7. The van der Waals surface area contributed by atoms with Gasteiger partial charge in [-0.1, -0.05) is 38.5 Å². The first-order valence-electron chi connectivity index (χ1n) is 7.41. The molecule has 0 spiro atoms. The van der Waals surface area contributed by atoms with Crippen LogP contribution >= 0.6 is 11.8 Å². The van der Waals surface area contributed by atoms with E-state index in [4.69, 9.17) is 0 Å². The molecular formula is C17H27NS. The topological polar surface area (TPSA) is 12.0 Å². The molecule has 1 N–H and O–H groups in total. The fourth-order valence-electron chi connectivity index (χ4n) is 3.19. The smallest absolute Gasteiger partial charge is 0.0253 e. The van der Waals surface area contributed by atoms with Crippen LogP contribution in [-0.4, -0.2) is 17.8 Å². The van der Waals surface area contributed by atoms with E-state index in [2.05, 4.69) is 69.9 Å². The number of hydrogen-bond donors (Lipinski definition) is 1. The SMILES string of the molecule is CCNC1C(Sc2ccc(C)cc2C)CCC1(C)C. The van der Waals surface area contributed by atoms with E-state index in [0.717, 1.165) is 6.54 Å². The van der Waals surface area contributed by atoms with Crippen molar-refractivity contribution in [3.8, 4) is 0 Å². The molecule has 0 aliphatic heterocycles. The van der Waals surface area contributed by atoms with Crippen molar-refractivity contribution in [2.24, 2.45) is 5.41 Å². The van der Waals surface area contributed by atoms with Crippen LogP contribution in [0, 0.1) is 19.3 Å². The standard InChI is InChI=1S/C17H27NS/c1-6-18-16-15(9-10-17(16,4)5)19-14-8-7-12(2)11-13(14)3/h7-8,11,15-16,18H,6,9-10H2,1-5H3. The van der Waals surface area contributed by atoms with Crippen molar-refractivity contribution in [3.63, 3.8) is 0 Å². The Morgan fingerprint density at radius 3 is 2.68 bits per heavy atom. The Balaban J connectivity index is 2.13. The third-order valence-corrected chi connectivity index (χ3v) is 5.84. The predicted octanol–water partition coefficient (Wildman–Crippen LogP) is 4.56. The zero-order chi connectivity index (χ0) is 14.0. The summed E-state index contributed by atoms with van der Waals surface area (Å²) in [5.41, 5.74) is 3.20. The Kier molecular flexibility index (Phi) is 4.62. The van der Waals surface area contributed by atoms with Gasteiger partial charge in [0, 0.05) is 16.2 Å². The lowest BCUT2D eigenvalue weighted by molar-refractivity contribution is 0.290. The summed E-state index contributed by atoms with van der Waals surface area (Å²) in [4.78, 5) is 1.45.